The number of para-hydroxylation sites is 1. The lowest BCUT2D eigenvalue weighted by molar-refractivity contribution is 0.100. The minimum atomic E-state index is -0.460. The molecule has 0 spiro atoms. The number of nitrogens with zero attached hydrogens (tertiary/aromatic N) is 1. The summed E-state index contributed by atoms with van der Waals surface area (Å²) in [7, 11) is 0. The SMILES string of the molecule is NC(=O)c1cccc2[c]ccnc12. The Morgan fingerprint density at radius 3 is 3.08 bits per heavy atom. The van der Waals surface area contributed by atoms with Crippen LogP contribution >= 0.6 is 0 Å². The number of benzene rings is 1. The van der Waals surface area contributed by atoms with E-state index in [1.807, 2.05) is 6.07 Å². The summed E-state index contributed by atoms with van der Waals surface area (Å²) in [6.45, 7) is 0. The lowest BCUT2D eigenvalue weighted by Gasteiger charge is -1.99. The van der Waals surface area contributed by atoms with Gasteiger partial charge in [-0.2, -0.15) is 0 Å². The van der Waals surface area contributed by atoms with Crippen molar-refractivity contribution < 1.29 is 4.79 Å². The zero-order chi connectivity index (χ0) is 9.26. The highest BCUT2D eigenvalue weighted by Crippen LogP contribution is 2.14. The van der Waals surface area contributed by atoms with Gasteiger partial charge in [-0.1, -0.05) is 12.1 Å². The largest absolute Gasteiger partial charge is 0.366 e. The van der Waals surface area contributed by atoms with Gasteiger partial charge < -0.3 is 5.73 Å². The van der Waals surface area contributed by atoms with Gasteiger partial charge in [0.05, 0.1) is 11.1 Å². The smallest absolute Gasteiger partial charge is 0.250 e. The van der Waals surface area contributed by atoms with Crippen LogP contribution in [0.4, 0.5) is 0 Å². The van der Waals surface area contributed by atoms with E-state index in [1.54, 1.807) is 24.4 Å². The Labute approximate surface area is 75.2 Å². The molecule has 1 aromatic carbocycles. The molecule has 1 amide bonds. The van der Waals surface area contributed by atoms with Gasteiger partial charge in [-0.15, -0.1) is 0 Å². The maximum atomic E-state index is 11.0. The van der Waals surface area contributed by atoms with Crippen LogP contribution in [-0.4, -0.2) is 10.9 Å². The number of fused-ring (bicyclic) bond motifs is 1. The van der Waals surface area contributed by atoms with E-state index in [4.69, 9.17) is 5.73 Å². The molecule has 0 aliphatic rings. The number of aromatic nitrogens is 1. The summed E-state index contributed by atoms with van der Waals surface area (Å²) in [5.74, 6) is -0.460. The summed E-state index contributed by atoms with van der Waals surface area (Å²) in [5.41, 5.74) is 6.24. The standard InChI is InChI=1S/C10H7N2O/c11-10(13)8-5-1-3-7-4-2-6-12-9(7)8/h1-3,5-6H,(H2,11,13). The van der Waals surface area contributed by atoms with Gasteiger partial charge >= 0.3 is 0 Å². The van der Waals surface area contributed by atoms with E-state index >= 15 is 0 Å². The Bertz CT molecular complexity index is 460. The first-order valence-electron chi connectivity index (χ1n) is 3.84. The molecule has 0 aliphatic heterocycles. The lowest BCUT2D eigenvalue weighted by Crippen LogP contribution is -2.11. The molecule has 0 unspecified atom stereocenters. The van der Waals surface area contributed by atoms with Crippen LogP contribution in [0.5, 0.6) is 0 Å². The van der Waals surface area contributed by atoms with E-state index in [0.717, 1.165) is 5.39 Å². The van der Waals surface area contributed by atoms with Gasteiger partial charge in [-0.3, -0.25) is 9.78 Å². The van der Waals surface area contributed by atoms with Crippen LogP contribution in [0, 0.1) is 6.07 Å². The number of amides is 1. The maximum absolute atomic E-state index is 11.0. The molecular formula is C10H7N2O. The molecule has 2 aromatic rings. The molecule has 3 nitrogen and oxygen atoms in total. The second kappa shape index (κ2) is 2.86. The number of nitrogens with two attached hydrogens (primary N) is 1. The van der Waals surface area contributed by atoms with Gasteiger partial charge in [-0.25, -0.2) is 0 Å². The fourth-order valence-electron chi connectivity index (χ4n) is 1.24. The van der Waals surface area contributed by atoms with Gasteiger partial charge in [0.25, 0.3) is 5.91 Å². The minimum absolute atomic E-state index is 0.439. The number of primary amides is 1. The third kappa shape index (κ3) is 1.24. The maximum Gasteiger partial charge on any atom is 0.250 e. The van der Waals surface area contributed by atoms with E-state index in [1.165, 1.54) is 0 Å². The molecule has 0 atom stereocenters. The Kier molecular flexibility index (Phi) is 1.70. The number of carbonyl (C=O) groups excluding carboxylic acids is 1. The average Bonchev–Trinajstić information content (AvgIpc) is 2.17. The summed E-state index contributed by atoms with van der Waals surface area (Å²) < 4.78 is 0. The van der Waals surface area contributed by atoms with E-state index in [2.05, 4.69) is 11.1 Å². The van der Waals surface area contributed by atoms with Gasteiger partial charge in [-0.05, 0) is 18.2 Å². The Hall–Kier alpha value is -1.90. The monoisotopic (exact) mass is 171 g/mol. The van der Waals surface area contributed by atoms with Crippen molar-refractivity contribution in [2.24, 2.45) is 5.73 Å². The zero-order valence-electron chi connectivity index (χ0n) is 6.82. The molecule has 13 heavy (non-hydrogen) atoms. The predicted octanol–water partition coefficient (Wildman–Crippen LogP) is 1.13. The molecule has 0 fully saturated rings. The van der Waals surface area contributed by atoms with Crippen molar-refractivity contribution in [2.75, 3.05) is 0 Å². The summed E-state index contributed by atoms with van der Waals surface area (Å²) in [4.78, 5) is 15.1. The number of carbonyl (C=O) groups is 1. The predicted molar refractivity (Wildman–Crippen MR) is 49.1 cm³/mol. The molecule has 0 saturated carbocycles. The van der Waals surface area contributed by atoms with Crippen molar-refractivity contribution in [1.29, 1.82) is 0 Å². The van der Waals surface area contributed by atoms with Crippen molar-refractivity contribution in [2.45, 2.75) is 0 Å². The Balaban J connectivity index is 2.83. The molecule has 1 radical (unpaired) electrons. The molecule has 1 heterocycles. The minimum Gasteiger partial charge on any atom is -0.366 e. The molecule has 2 N–H and O–H groups in total. The third-order valence-corrected chi connectivity index (χ3v) is 1.82. The third-order valence-electron chi connectivity index (χ3n) is 1.82. The molecule has 1 aromatic heterocycles. The quantitative estimate of drug-likeness (QED) is 0.699. The second-order valence-electron chi connectivity index (χ2n) is 2.66. The fraction of sp³-hybridized carbons (Fsp3) is 0. The van der Waals surface area contributed by atoms with Crippen LogP contribution in [0.3, 0.4) is 0 Å². The van der Waals surface area contributed by atoms with Crippen LogP contribution in [0.1, 0.15) is 10.4 Å². The number of pyridine rings is 1. The molecule has 0 aliphatic carbocycles. The summed E-state index contributed by atoms with van der Waals surface area (Å²) in [6.07, 6.45) is 1.59. The normalized spacial score (nSPS) is 10.2. The van der Waals surface area contributed by atoms with E-state index < -0.39 is 5.91 Å². The summed E-state index contributed by atoms with van der Waals surface area (Å²) in [6, 6.07) is 9.94. The van der Waals surface area contributed by atoms with Gasteiger partial charge in [0.2, 0.25) is 0 Å². The first-order valence-corrected chi connectivity index (χ1v) is 3.84. The molecule has 63 valence electrons. The highest BCUT2D eigenvalue weighted by Gasteiger charge is 2.05. The first-order chi connectivity index (χ1) is 6.29. The van der Waals surface area contributed by atoms with Crippen LogP contribution in [0.2, 0.25) is 0 Å². The van der Waals surface area contributed by atoms with Crippen molar-refractivity contribution in [1.82, 2.24) is 4.98 Å². The van der Waals surface area contributed by atoms with Crippen LogP contribution in [0.15, 0.2) is 30.5 Å². The molecule has 3 heteroatoms. The lowest BCUT2D eigenvalue weighted by atomic mass is 10.1. The van der Waals surface area contributed by atoms with Crippen molar-refractivity contribution in [3.8, 4) is 0 Å². The van der Waals surface area contributed by atoms with Gasteiger partial charge in [0, 0.05) is 11.6 Å². The molecule has 2 rings (SSSR count). The average molecular weight is 171 g/mol. The van der Waals surface area contributed by atoms with Crippen molar-refractivity contribution >= 4 is 16.8 Å². The number of rotatable bonds is 1. The Morgan fingerprint density at radius 1 is 1.46 bits per heavy atom. The molecule has 0 saturated heterocycles. The van der Waals surface area contributed by atoms with Gasteiger partial charge in [0.15, 0.2) is 0 Å². The number of hydrogen-bond acceptors (Lipinski definition) is 2. The fourth-order valence-corrected chi connectivity index (χ4v) is 1.24. The van der Waals surface area contributed by atoms with Crippen molar-refractivity contribution in [3.63, 3.8) is 0 Å². The second-order valence-corrected chi connectivity index (χ2v) is 2.66. The molecular weight excluding hydrogens is 164 g/mol. The van der Waals surface area contributed by atoms with E-state index in [9.17, 15) is 4.79 Å². The number of hydrogen-bond donors (Lipinski definition) is 1. The summed E-state index contributed by atoms with van der Waals surface area (Å²) >= 11 is 0. The molecule has 0 bridgehead atoms. The van der Waals surface area contributed by atoms with Crippen LogP contribution in [-0.2, 0) is 0 Å². The van der Waals surface area contributed by atoms with E-state index in [0.29, 0.717) is 11.1 Å². The van der Waals surface area contributed by atoms with Crippen LogP contribution in [0.25, 0.3) is 10.9 Å². The van der Waals surface area contributed by atoms with Gasteiger partial charge in [0.1, 0.15) is 0 Å². The Morgan fingerprint density at radius 2 is 2.31 bits per heavy atom. The van der Waals surface area contributed by atoms with Crippen LogP contribution < -0.4 is 5.73 Å². The first kappa shape index (κ1) is 7.73. The summed E-state index contributed by atoms with van der Waals surface area (Å²) in [5, 5.41) is 0.804. The van der Waals surface area contributed by atoms with Crippen molar-refractivity contribution in [3.05, 3.63) is 42.1 Å². The zero-order valence-corrected chi connectivity index (χ0v) is 6.82. The highest BCUT2D eigenvalue weighted by molar-refractivity contribution is 6.04. The highest BCUT2D eigenvalue weighted by atomic mass is 16.1. The topological polar surface area (TPSA) is 56.0 Å². The van der Waals surface area contributed by atoms with E-state index in [-0.39, 0.29) is 0 Å².